The number of aliphatic hydroxyl groups excluding tert-OH is 7. The van der Waals surface area contributed by atoms with Gasteiger partial charge in [-0.15, -0.1) is 0 Å². The van der Waals surface area contributed by atoms with Gasteiger partial charge in [-0.1, -0.05) is 84.0 Å². The summed E-state index contributed by atoms with van der Waals surface area (Å²) in [7, 11) is 0. The van der Waals surface area contributed by atoms with Gasteiger partial charge in [0.1, 0.15) is 42.7 Å². The van der Waals surface area contributed by atoms with Crippen LogP contribution in [0.25, 0.3) is 0 Å². The summed E-state index contributed by atoms with van der Waals surface area (Å²) in [5, 5.41) is 70.4. The lowest BCUT2D eigenvalue weighted by molar-refractivity contribution is -0.355. The molecule has 0 saturated carbocycles. The highest BCUT2D eigenvalue weighted by molar-refractivity contribution is 5.69. The standard InChI is InChI=1S/C28H52O12/c1-2-3-4-5-6-7-8-9-10-11-12-13-14-15-20(31)39-26-21(32)18(16-29)38-28(24(26)35)40-25-19(17-30)37-27(36)23(34)22(25)33/h18-19,21-30,32-36H,2-17H2,1H3/t18-,19-,21-,22-,23-,24-,25-,26+,27-,28-/m1/s1. The van der Waals surface area contributed by atoms with Crippen molar-refractivity contribution in [3.8, 4) is 0 Å². The largest absolute Gasteiger partial charge is 0.456 e. The van der Waals surface area contributed by atoms with Gasteiger partial charge in [-0.05, 0) is 6.42 Å². The van der Waals surface area contributed by atoms with Gasteiger partial charge < -0.3 is 54.7 Å². The Kier molecular flexibility index (Phi) is 17.0. The Morgan fingerprint density at radius 2 is 1.15 bits per heavy atom. The number of unbranched alkanes of at least 4 members (excludes halogenated alkanes) is 12. The molecule has 0 radical (unpaired) electrons. The van der Waals surface area contributed by atoms with Gasteiger partial charge in [-0.3, -0.25) is 4.79 Å². The van der Waals surface area contributed by atoms with Crippen LogP contribution in [0.1, 0.15) is 96.8 Å². The molecule has 2 aliphatic rings. The Balaban J connectivity index is 1.74. The minimum Gasteiger partial charge on any atom is -0.456 e. The number of hydrogen-bond acceptors (Lipinski definition) is 12. The fourth-order valence-electron chi connectivity index (χ4n) is 5.19. The first kappa shape index (κ1) is 35.3. The van der Waals surface area contributed by atoms with E-state index in [0.29, 0.717) is 6.42 Å². The lowest BCUT2D eigenvalue weighted by Gasteiger charge is -2.45. The Hall–Kier alpha value is -0.930. The maximum atomic E-state index is 12.5. The van der Waals surface area contributed by atoms with E-state index >= 15 is 0 Å². The molecule has 12 heteroatoms. The summed E-state index contributed by atoms with van der Waals surface area (Å²) in [6.07, 6.45) is -0.420. The van der Waals surface area contributed by atoms with E-state index in [0.717, 1.165) is 19.3 Å². The number of carbonyl (C=O) groups is 1. The predicted octanol–water partition coefficient (Wildman–Crippen LogP) is 0.635. The fourth-order valence-corrected chi connectivity index (χ4v) is 5.19. The van der Waals surface area contributed by atoms with Crippen molar-refractivity contribution in [2.45, 2.75) is 158 Å². The number of ether oxygens (including phenoxy) is 4. The van der Waals surface area contributed by atoms with Crippen molar-refractivity contribution < 1.29 is 59.5 Å². The zero-order chi connectivity index (χ0) is 29.5. The summed E-state index contributed by atoms with van der Waals surface area (Å²) in [5.41, 5.74) is 0. The highest BCUT2D eigenvalue weighted by Crippen LogP contribution is 2.30. The van der Waals surface area contributed by atoms with Gasteiger partial charge in [0.15, 0.2) is 18.7 Å². The lowest BCUT2D eigenvalue weighted by Crippen LogP contribution is -2.65. The fraction of sp³-hybridized carbons (Fsp3) is 0.964. The zero-order valence-corrected chi connectivity index (χ0v) is 23.8. The van der Waals surface area contributed by atoms with Gasteiger partial charge in [0.05, 0.1) is 13.2 Å². The van der Waals surface area contributed by atoms with E-state index in [2.05, 4.69) is 6.92 Å². The first-order chi connectivity index (χ1) is 19.2. The molecule has 0 spiro atoms. The van der Waals surface area contributed by atoms with Crippen molar-refractivity contribution in [2.75, 3.05) is 13.2 Å². The van der Waals surface area contributed by atoms with E-state index in [4.69, 9.17) is 18.9 Å². The van der Waals surface area contributed by atoms with E-state index in [-0.39, 0.29) is 6.42 Å². The van der Waals surface area contributed by atoms with Crippen LogP contribution in [-0.4, -0.2) is 116 Å². The van der Waals surface area contributed by atoms with Crippen LogP contribution in [0.4, 0.5) is 0 Å². The van der Waals surface area contributed by atoms with Crippen LogP contribution in [-0.2, 0) is 23.7 Å². The highest BCUT2D eigenvalue weighted by Gasteiger charge is 2.51. The molecule has 7 N–H and O–H groups in total. The van der Waals surface area contributed by atoms with Crippen LogP contribution >= 0.6 is 0 Å². The molecule has 0 unspecified atom stereocenters. The third-order valence-electron chi connectivity index (χ3n) is 7.70. The molecular formula is C28H52O12. The van der Waals surface area contributed by atoms with E-state index in [1.165, 1.54) is 57.8 Å². The van der Waals surface area contributed by atoms with Gasteiger partial charge in [0, 0.05) is 6.42 Å². The molecule has 0 aromatic heterocycles. The van der Waals surface area contributed by atoms with Crippen LogP contribution < -0.4 is 0 Å². The molecule has 2 rings (SSSR count). The second-order valence-corrected chi connectivity index (χ2v) is 11.0. The first-order valence-electron chi connectivity index (χ1n) is 15.0. The third kappa shape index (κ3) is 11.0. The third-order valence-corrected chi connectivity index (χ3v) is 7.70. The van der Waals surface area contributed by atoms with Crippen molar-refractivity contribution in [3.05, 3.63) is 0 Å². The summed E-state index contributed by atoms with van der Waals surface area (Å²) in [6.45, 7) is 0.841. The molecule has 2 fully saturated rings. The molecule has 12 nitrogen and oxygen atoms in total. The molecule has 0 aromatic carbocycles. The molecule has 0 aliphatic carbocycles. The van der Waals surface area contributed by atoms with Crippen molar-refractivity contribution >= 4 is 5.97 Å². The zero-order valence-electron chi connectivity index (χ0n) is 23.8. The predicted molar refractivity (Wildman–Crippen MR) is 143 cm³/mol. The van der Waals surface area contributed by atoms with Gasteiger partial charge in [-0.25, -0.2) is 0 Å². The van der Waals surface area contributed by atoms with E-state index in [1.807, 2.05) is 0 Å². The number of hydrogen-bond donors (Lipinski definition) is 7. The van der Waals surface area contributed by atoms with E-state index in [9.17, 15) is 40.5 Å². The number of rotatable bonds is 19. The molecule has 2 heterocycles. The number of esters is 1. The van der Waals surface area contributed by atoms with Crippen LogP contribution in [0.5, 0.6) is 0 Å². The van der Waals surface area contributed by atoms with Crippen molar-refractivity contribution in [3.63, 3.8) is 0 Å². The Bertz CT molecular complexity index is 680. The van der Waals surface area contributed by atoms with Gasteiger partial charge >= 0.3 is 5.97 Å². The van der Waals surface area contributed by atoms with Crippen molar-refractivity contribution in [1.82, 2.24) is 0 Å². The van der Waals surface area contributed by atoms with Gasteiger partial charge in [0.2, 0.25) is 0 Å². The Labute approximate surface area is 237 Å². The monoisotopic (exact) mass is 580 g/mol. The second kappa shape index (κ2) is 19.3. The average Bonchev–Trinajstić information content (AvgIpc) is 2.94. The van der Waals surface area contributed by atoms with Crippen LogP contribution in [0.2, 0.25) is 0 Å². The quantitative estimate of drug-likeness (QED) is 0.0833. The van der Waals surface area contributed by atoms with Crippen molar-refractivity contribution in [2.24, 2.45) is 0 Å². The summed E-state index contributed by atoms with van der Waals surface area (Å²) in [6, 6.07) is 0. The highest BCUT2D eigenvalue weighted by atomic mass is 16.7. The molecule has 0 aromatic rings. The molecule has 0 amide bonds. The molecule has 236 valence electrons. The lowest BCUT2D eigenvalue weighted by atomic mass is 9.97. The Morgan fingerprint density at radius 1 is 0.625 bits per heavy atom. The topological polar surface area (TPSA) is 196 Å². The summed E-state index contributed by atoms with van der Waals surface area (Å²) < 4.78 is 21.4. The molecule has 2 saturated heterocycles. The maximum absolute atomic E-state index is 12.5. The SMILES string of the molecule is CCCCCCCCCCCCCCCC(=O)O[C@@H]1[C@@H](O)[C@@H](O[C@H]2[C@H](O)[C@@H](O)[C@H](O)O[C@@H]2CO)O[C@H](CO)[C@H]1O. The van der Waals surface area contributed by atoms with Gasteiger partial charge in [-0.2, -0.15) is 0 Å². The van der Waals surface area contributed by atoms with Crippen LogP contribution in [0.15, 0.2) is 0 Å². The van der Waals surface area contributed by atoms with Crippen LogP contribution in [0.3, 0.4) is 0 Å². The maximum Gasteiger partial charge on any atom is 0.306 e. The summed E-state index contributed by atoms with van der Waals surface area (Å²) >= 11 is 0. The molecule has 0 bridgehead atoms. The normalized spacial score (nSPS) is 34.6. The first-order valence-corrected chi connectivity index (χ1v) is 15.0. The smallest absolute Gasteiger partial charge is 0.306 e. The molecule has 10 atom stereocenters. The number of aliphatic hydroxyl groups is 7. The minimum absolute atomic E-state index is 0.0930. The molecule has 40 heavy (non-hydrogen) atoms. The number of carbonyl (C=O) groups excluding carboxylic acids is 1. The summed E-state index contributed by atoms with van der Waals surface area (Å²) in [4.78, 5) is 12.5. The summed E-state index contributed by atoms with van der Waals surface area (Å²) in [5.74, 6) is -0.628. The van der Waals surface area contributed by atoms with Crippen LogP contribution in [0, 0.1) is 0 Å². The van der Waals surface area contributed by atoms with E-state index in [1.54, 1.807) is 0 Å². The van der Waals surface area contributed by atoms with E-state index < -0.39 is 80.6 Å². The second-order valence-electron chi connectivity index (χ2n) is 11.0. The Morgan fingerprint density at radius 3 is 1.68 bits per heavy atom. The van der Waals surface area contributed by atoms with Crippen molar-refractivity contribution in [1.29, 1.82) is 0 Å². The molecule has 2 aliphatic heterocycles. The minimum atomic E-state index is -1.77. The molecular weight excluding hydrogens is 528 g/mol. The average molecular weight is 581 g/mol. The van der Waals surface area contributed by atoms with Gasteiger partial charge in [0.25, 0.3) is 0 Å².